The van der Waals surface area contributed by atoms with Crippen molar-refractivity contribution in [2.24, 2.45) is 5.92 Å². The van der Waals surface area contributed by atoms with Gasteiger partial charge in [0.15, 0.2) is 0 Å². The minimum absolute atomic E-state index is 0.284. The van der Waals surface area contributed by atoms with Gasteiger partial charge in [-0.15, -0.1) is 0 Å². The molecule has 0 aliphatic heterocycles. The van der Waals surface area contributed by atoms with Crippen LogP contribution in [0.25, 0.3) is 0 Å². The lowest BCUT2D eigenvalue weighted by molar-refractivity contribution is -0.137. The quantitative estimate of drug-likeness (QED) is 0.395. The molecular formula is C17H30O3. The van der Waals surface area contributed by atoms with Crippen molar-refractivity contribution in [2.45, 2.75) is 65.9 Å². The van der Waals surface area contributed by atoms with Gasteiger partial charge in [0.2, 0.25) is 0 Å². The van der Waals surface area contributed by atoms with E-state index in [-0.39, 0.29) is 5.97 Å². The van der Waals surface area contributed by atoms with Crippen LogP contribution in [0.3, 0.4) is 0 Å². The first-order valence-electron chi connectivity index (χ1n) is 7.48. The van der Waals surface area contributed by atoms with E-state index in [1.54, 1.807) is 6.92 Å². The summed E-state index contributed by atoms with van der Waals surface area (Å²) in [5.74, 6) is 0.303. The lowest BCUT2D eigenvalue weighted by Gasteiger charge is -2.17. The molecule has 3 nitrogen and oxygen atoms in total. The second kappa shape index (κ2) is 9.76. The average molecular weight is 282 g/mol. The Labute approximate surface area is 123 Å². The van der Waals surface area contributed by atoms with Crippen molar-refractivity contribution in [1.82, 2.24) is 0 Å². The first-order valence-corrected chi connectivity index (χ1v) is 7.48. The fourth-order valence-electron chi connectivity index (χ4n) is 1.91. The molecule has 0 bridgehead atoms. The predicted octanol–water partition coefficient (Wildman–Crippen LogP) is 4.02. The summed E-state index contributed by atoms with van der Waals surface area (Å²) in [5.41, 5.74) is 0.348. The maximum atomic E-state index is 11.2. The predicted molar refractivity (Wildman–Crippen MR) is 83.5 cm³/mol. The minimum Gasteiger partial charge on any atom is -0.463 e. The zero-order chi connectivity index (χ0) is 15.6. The van der Waals surface area contributed by atoms with Crippen molar-refractivity contribution in [3.63, 3.8) is 0 Å². The molecule has 116 valence electrons. The van der Waals surface area contributed by atoms with E-state index in [2.05, 4.69) is 13.0 Å². The summed E-state index contributed by atoms with van der Waals surface area (Å²) in [6.45, 7) is 10.0. The van der Waals surface area contributed by atoms with Crippen molar-refractivity contribution in [2.75, 3.05) is 6.61 Å². The van der Waals surface area contributed by atoms with Gasteiger partial charge in [0.05, 0.1) is 12.2 Å². The number of carbonyl (C=O) groups excluding carboxylic acids is 1. The molecule has 0 saturated carbocycles. The van der Waals surface area contributed by atoms with Crippen molar-refractivity contribution in [3.8, 4) is 0 Å². The summed E-state index contributed by atoms with van der Waals surface area (Å²) in [5, 5.41) is 9.64. The van der Waals surface area contributed by atoms with Crippen LogP contribution in [0.1, 0.15) is 60.3 Å². The van der Waals surface area contributed by atoms with Crippen LogP contribution in [-0.2, 0) is 9.53 Å². The van der Waals surface area contributed by atoms with Crippen LogP contribution in [0.2, 0.25) is 0 Å². The fraction of sp³-hybridized carbons (Fsp3) is 0.706. The summed E-state index contributed by atoms with van der Waals surface area (Å²) < 4.78 is 4.85. The van der Waals surface area contributed by atoms with E-state index in [1.807, 2.05) is 26.8 Å². The molecule has 0 heterocycles. The van der Waals surface area contributed by atoms with Crippen molar-refractivity contribution in [1.29, 1.82) is 0 Å². The van der Waals surface area contributed by atoms with Crippen LogP contribution in [0, 0.1) is 5.92 Å². The van der Waals surface area contributed by atoms with Crippen LogP contribution in [-0.4, -0.2) is 23.3 Å². The Bertz CT molecular complexity index is 335. The largest absolute Gasteiger partial charge is 0.463 e. The number of rotatable bonds is 9. The SMILES string of the molecule is CCOC(=O)C=C(C)/C=C/CC(C)CCCC(C)(C)O. The minimum atomic E-state index is -0.561. The van der Waals surface area contributed by atoms with Gasteiger partial charge in [-0.3, -0.25) is 0 Å². The Hall–Kier alpha value is -1.09. The van der Waals surface area contributed by atoms with Crippen LogP contribution in [0.4, 0.5) is 0 Å². The fourth-order valence-corrected chi connectivity index (χ4v) is 1.91. The smallest absolute Gasteiger partial charge is 0.330 e. The van der Waals surface area contributed by atoms with E-state index in [0.29, 0.717) is 12.5 Å². The van der Waals surface area contributed by atoms with Gasteiger partial charge >= 0.3 is 5.97 Å². The number of hydrogen-bond donors (Lipinski definition) is 1. The van der Waals surface area contributed by atoms with Gasteiger partial charge in [0.1, 0.15) is 0 Å². The molecule has 0 aromatic heterocycles. The van der Waals surface area contributed by atoms with E-state index in [1.165, 1.54) is 6.08 Å². The van der Waals surface area contributed by atoms with Gasteiger partial charge in [-0.25, -0.2) is 4.79 Å². The molecule has 0 saturated heterocycles. The average Bonchev–Trinajstić information content (AvgIpc) is 2.27. The number of allylic oxidation sites excluding steroid dienone is 3. The second-order valence-electron chi connectivity index (χ2n) is 6.09. The third-order valence-electron chi connectivity index (χ3n) is 3.04. The van der Waals surface area contributed by atoms with Gasteiger partial charge in [0.25, 0.3) is 0 Å². The van der Waals surface area contributed by atoms with Gasteiger partial charge in [-0.2, -0.15) is 0 Å². The summed E-state index contributed by atoms with van der Waals surface area (Å²) in [7, 11) is 0. The maximum absolute atomic E-state index is 11.2. The Morgan fingerprint density at radius 1 is 1.40 bits per heavy atom. The van der Waals surface area contributed by atoms with E-state index in [4.69, 9.17) is 4.74 Å². The van der Waals surface area contributed by atoms with E-state index in [9.17, 15) is 9.90 Å². The lowest BCUT2D eigenvalue weighted by atomic mass is 9.95. The normalized spacial score (nSPS) is 14.6. The molecule has 1 N–H and O–H groups in total. The number of aliphatic hydroxyl groups is 1. The molecule has 0 aliphatic rings. The number of esters is 1. The van der Waals surface area contributed by atoms with E-state index < -0.39 is 5.60 Å². The number of ether oxygens (including phenoxy) is 1. The maximum Gasteiger partial charge on any atom is 0.330 e. The molecule has 1 unspecified atom stereocenters. The standard InChI is InChI=1S/C17H30O3/c1-6-20-16(18)13-15(3)10-7-9-14(2)11-8-12-17(4,5)19/h7,10,13-14,19H,6,8-9,11-12H2,1-5H3/b10-7+,15-13?. The van der Waals surface area contributed by atoms with Crippen LogP contribution < -0.4 is 0 Å². The Morgan fingerprint density at radius 3 is 2.60 bits per heavy atom. The van der Waals surface area contributed by atoms with Crippen molar-refractivity contribution < 1.29 is 14.6 Å². The molecule has 0 rings (SSSR count). The Kier molecular flexibility index (Phi) is 9.23. The van der Waals surface area contributed by atoms with Crippen LogP contribution in [0.5, 0.6) is 0 Å². The molecule has 0 aromatic carbocycles. The summed E-state index contributed by atoms with van der Waals surface area (Å²) in [6.07, 6.45) is 9.54. The van der Waals surface area contributed by atoms with Crippen LogP contribution >= 0.6 is 0 Å². The number of carbonyl (C=O) groups is 1. The zero-order valence-corrected chi connectivity index (χ0v) is 13.6. The first kappa shape index (κ1) is 18.9. The molecule has 0 spiro atoms. The van der Waals surface area contributed by atoms with E-state index in [0.717, 1.165) is 31.3 Å². The lowest BCUT2D eigenvalue weighted by Crippen LogP contribution is -2.18. The van der Waals surface area contributed by atoms with Gasteiger partial charge in [-0.05, 0) is 52.0 Å². The first-order chi connectivity index (χ1) is 9.24. The monoisotopic (exact) mass is 282 g/mol. The highest BCUT2D eigenvalue weighted by Gasteiger charge is 2.12. The molecular weight excluding hydrogens is 252 g/mol. The third kappa shape index (κ3) is 12.0. The molecule has 20 heavy (non-hydrogen) atoms. The summed E-state index contributed by atoms with van der Waals surface area (Å²) in [6, 6.07) is 0. The van der Waals surface area contributed by atoms with Crippen LogP contribution in [0.15, 0.2) is 23.8 Å². The topological polar surface area (TPSA) is 46.5 Å². The summed E-state index contributed by atoms with van der Waals surface area (Å²) in [4.78, 5) is 11.2. The molecule has 1 atom stereocenters. The van der Waals surface area contributed by atoms with Gasteiger partial charge in [0, 0.05) is 6.08 Å². The summed E-state index contributed by atoms with van der Waals surface area (Å²) >= 11 is 0. The third-order valence-corrected chi connectivity index (χ3v) is 3.04. The van der Waals surface area contributed by atoms with Crippen molar-refractivity contribution in [3.05, 3.63) is 23.8 Å². The number of hydrogen-bond acceptors (Lipinski definition) is 3. The molecule has 3 heteroatoms. The zero-order valence-electron chi connectivity index (χ0n) is 13.6. The Balaban J connectivity index is 3.96. The van der Waals surface area contributed by atoms with E-state index >= 15 is 0 Å². The molecule has 0 fully saturated rings. The second-order valence-corrected chi connectivity index (χ2v) is 6.09. The molecule has 0 radical (unpaired) electrons. The van der Waals surface area contributed by atoms with Gasteiger partial charge < -0.3 is 9.84 Å². The Morgan fingerprint density at radius 2 is 2.05 bits per heavy atom. The highest BCUT2D eigenvalue weighted by molar-refractivity contribution is 5.83. The highest BCUT2D eigenvalue weighted by atomic mass is 16.5. The van der Waals surface area contributed by atoms with Gasteiger partial charge in [-0.1, -0.05) is 31.9 Å². The molecule has 0 aliphatic carbocycles. The highest BCUT2D eigenvalue weighted by Crippen LogP contribution is 2.18. The van der Waals surface area contributed by atoms with Crippen molar-refractivity contribution >= 4 is 5.97 Å². The molecule has 0 amide bonds. The molecule has 0 aromatic rings.